The zero-order valence-electron chi connectivity index (χ0n) is 10.7. The van der Waals surface area contributed by atoms with Gasteiger partial charge in [-0.25, -0.2) is 0 Å². The highest BCUT2D eigenvalue weighted by molar-refractivity contribution is 7.99. The van der Waals surface area contributed by atoms with Gasteiger partial charge in [0.1, 0.15) is 0 Å². The minimum absolute atomic E-state index is 0.0630. The van der Waals surface area contributed by atoms with E-state index in [0.29, 0.717) is 22.8 Å². The van der Waals surface area contributed by atoms with Crippen molar-refractivity contribution < 1.29 is 4.79 Å². The first kappa shape index (κ1) is 13.3. The third kappa shape index (κ3) is 2.49. The predicted molar refractivity (Wildman–Crippen MR) is 84.7 cm³/mol. The molecule has 1 aliphatic heterocycles. The number of fused-ring (bicyclic) bond motifs is 1. The number of anilines is 2. The molecule has 20 heavy (non-hydrogen) atoms. The molecule has 0 spiro atoms. The van der Waals surface area contributed by atoms with Crippen LogP contribution in [0.4, 0.5) is 11.4 Å². The van der Waals surface area contributed by atoms with Gasteiger partial charge in [0.05, 0.1) is 5.69 Å². The molecule has 1 aliphatic rings. The summed E-state index contributed by atoms with van der Waals surface area (Å²) in [5.41, 5.74) is 7.74. The lowest BCUT2D eigenvalue weighted by Crippen LogP contribution is -2.35. The van der Waals surface area contributed by atoms with E-state index in [-0.39, 0.29) is 5.91 Å². The molecule has 0 unspecified atom stereocenters. The van der Waals surface area contributed by atoms with Gasteiger partial charge in [-0.1, -0.05) is 23.7 Å². The van der Waals surface area contributed by atoms with Crippen molar-refractivity contribution in [3.63, 3.8) is 0 Å². The van der Waals surface area contributed by atoms with Crippen molar-refractivity contribution in [2.24, 2.45) is 0 Å². The topological polar surface area (TPSA) is 46.3 Å². The van der Waals surface area contributed by atoms with Crippen molar-refractivity contribution in [2.45, 2.75) is 4.90 Å². The molecule has 102 valence electrons. The lowest BCUT2D eigenvalue weighted by atomic mass is 10.1. The van der Waals surface area contributed by atoms with Crippen molar-refractivity contribution in [2.75, 3.05) is 22.9 Å². The van der Waals surface area contributed by atoms with Crippen LogP contribution in [0, 0.1) is 0 Å². The fraction of sp³-hybridized carbons (Fsp3) is 0.133. The maximum Gasteiger partial charge on any atom is 0.258 e. The number of halogens is 1. The first-order valence-corrected chi connectivity index (χ1v) is 7.61. The highest BCUT2D eigenvalue weighted by Gasteiger charge is 2.24. The minimum atomic E-state index is -0.0630. The summed E-state index contributed by atoms with van der Waals surface area (Å²) in [6.45, 7) is 0.687. The fourth-order valence-corrected chi connectivity index (χ4v) is 3.51. The van der Waals surface area contributed by atoms with E-state index >= 15 is 0 Å². The standard InChI is InChI=1S/C15H13ClN2OS/c16-11-7-10(8-12(17)9-11)15(19)18-5-6-20-14-4-2-1-3-13(14)18/h1-4,7-9H,5-6,17H2. The van der Waals surface area contributed by atoms with E-state index in [1.54, 1.807) is 34.9 Å². The van der Waals surface area contributed by atoms with Crippen LogP contribution in [-0.4, -0.2) is 18.2 Å². The molecule has 0 fully saturated rings. The molecule has 3 nitrogen and oxygen atoms in total. The quantitative estimate of drug-likeness (QED) is 0.818. The molecule has 0 atom stereocenters. The van der Waals surface area contributed by atoms with Crippen LogP contribution in [0.2, 0.25) is 5.02 Å². The zero-order valence-corrected chi connectivity index (χ0v) is 12.2. The minimum Gasteiger partial charge on any atom is -0.399 e. The summed E-state index contributed by atoms with van der Waals surface area (Å²) in [6.07, 6.45) is 0. The van der Waals surface area contributed by atoms with Crippen molar-refractivity contribution in [3.05, 3.63) is 53.1 Å². The molecule has 3 rings (SSSR count). The van der Waals surface area contributed by atoms with Crippen molar-refractivity contribution in [1.29, 1.82) is 0 Å². The van der Waals surface area contributed by atoms with Crippen LogP contribution in [0.1, 0.15) is 10.4 Å². The van der Waals surface area contributed by atoms with Crippen LogP contribution in [-0.2, 0) is 0 Å². The number of nitrogens with zero attached hydrogens (tertiary/aromatic N) is 1. The van der Waals surface area contributed by atoms with E-state index < -0.39 is 0 Å². The molecule has 0 bridgehead atoms. The summed E-state index contributed by atoms with van der Waals surface area (Å²) in [6, 6.07) is 12.9. The van der Waals surface area contributed by atoms with Crippen LogP contribution in [0.25, 0.3) is 0 Å². The molecule has 2 aromatic carbocycles. The lowest BCUT2D eigenvalue weighted by molar-refractivity contribution is 0.0987. The molecular formula is C15H13ClN2OS. The molecule has 0 radical (unpaired) electrons. The third-order valence-corrected chi connectivity index (χ3v) is 4.40. The molecule has 0 saturated heterocycles. The van der Waals surface area contributed by atoms with E-state index in [9.17, 15) is 4.79 Å². The summed E-state index contributed by atoms with van der Waals surface area (Å²) in [5, 5.41) is 0.480. The summed E-state index contributed by atoms with van der Waals surface area (Å²) in [4.78, 5) is 15.6. The number of carbonyl (C=O) groups excluding carboxylic acids is 1. The zero-order chi connectivity index (χ0) is 14.1. The number of hydrogen-bond acceptors (Lipinski definition) is 3. The summed E-state index contributed by atoms with van der Waals surface area (Å²) in [5.74, 6) is 0.825. The molecule has 5 heteroatoms. The summed E-state index contributed by atoms with van der Waals surface area (Å²) < 4.78 is 0. The number of thioether (sulfide) groups is 1. The summed E-state index contributed by atoms with van der Waals surface area (Å²) in [7, 11) is 0. The van der Waals surface area contributed by atoms with Gasteiger partial charge in [-0.3, -0.25) is 4.79 Å². The number of para-hydroxylation sites is 1. The monoisotopic (exact) mass is 304 g/mol. The van der Waals surface area contributed by atoms with Crippen molar-refractivity contribution in [3.8, 4) is 0 Å². The molecule has 2 N–H and O–H groups in total. The van der Waals surface area contributed by atoms with Gasteiger partial charge in [-0.05, 0) is 30.3 Å². The Kier molecular flexibility index (Phi) is 3.59. The molecule has 1 heterocycles. The molecule has 0 saturated carbocycles. The number of nitrogens with two attached hydrogens (primary N) is 1. The average Bonchev–Trinajstić information content (AvgIpc) is 2.45. The van der Waals surface area contributed by atoms with E-state index in [1.807, 2.05) is 24.3 Å². The van der Waals surface area contributed by atoms with Gasteiger partial charge < -0.3 is 10.6 Å². The highest BCUT2D eigenvalue weighted by Crippen LogP contribution is 2.35. The Morgan fingerprint density at radius 2 is 2.05 bits per heavy atom. The SMILES string of the molecule is Nc1cc(Cl)cc(C(=O)N2CCSc3ccccc32)c1. The maximum absolute atomic E-state index is 12.7. The van der Waals surface area contributed by atoms with E-state index in [1.165, 1.54) is 0 Å². The van der Waals surface area contributed by atoms with Crippen LogP contribution in [0.15, 0.2) is 47.4 Å². The third-order valence-electron chi connectivity index (χ3n) is 3.14. The summed E-state index contributed by atoms with van der Waals surface area (Å²) >= 11 is 7.75. The van der Waals surface area contributed by atoms with Crippen LogP contribution >= 0.6 is 23.4 Å². The van der Waals surface area contributed by atoms with Gasteiger partial charge in [0.25, 0.3) is 5.91 Å². The lowest BCUT2D eigenvalue weighted by Gasteiger charge is -2.29. The maximum atomic E-state index is 12.7. The first-order chi connectivity index (χ1) is 9.65. The highest BCUT2D eigenvalue weighted by atomic mass is 35.5. The molecular weight excluding hydrogens is 292 g/mol. The van der Waals surface area contributed by atoms with Gasteiger partial charge in [0.2, 0.25) is 0 Å². The number of amides is 1. The number of hydrogen-bond donors (Lipinski definition) is 1. The van der Waals surface area contributed by atoms with E-state index in [4.69, 9.17) is 17.3 Å². The number of nitrogen functional groups attached to an aromatic ring is 1. The smallest absolute Gasteiger partial charge is 0.258 e. The number of rotatable bonds is 1. The van der Waals surface area contributed by atoms with E-state index in [2.05, 4.69) is 0 Å². The largest absolute Gasteiger partial charge is 0.399 e. The Hall–Kier alpha value is -1.65. The van der Waals surface area contributed by atoms with Gasteiger partial charge in [0, 0.05) is 33.5 Å². The van der Waals surface area contributed by atoms with Crippen molar-refractivity contribution >= 4 is 40.6 Å². The second kappa shape index (κ2) is 5.38. The normalized spacial score (nSPS) is 13.9. The van der Waals surface area contributed by atoms with Gasteiger partial charge in [-0.2, -0.15) is 0 Å². The number of benzene rings is 2. The van der Waals surface area contributed by atoms with Gasteiger partial charge in [0.15, 0.2) is 0 Å². The first-order valence-electron chi connectivity index (χ1n) is 6.25. The van der Waals surface area contributed by atoms with Gasteiger partial charge >= 0.3 is 0 Å². The van der Waals surface area contributed by atoms with E-state index in [0.717, 1.165) is 16.3 Å². The number of carbonyl (C=O) groups is 1. The van der Waals surface area contributed by atoms with Crippen molar-refractivity contribution in [1.82, 2.24) is 0 Å². The Bertz CT molecular complexity index is 654. The fourth-order valence-electron chi connectivity index (χ4n) is 2.27. The Balaban J connectivity index is 1.99. The Morgan fingerprint density at radius 3 is 2.85 bits per heavy atom. The Labute approximate surface area is 126 Å². The molecule has 0 aromatic heterocycles. The Morgan fingerprint density at radius 1 is 1.25 bits per heavy atom. The molecule has 0 aliphatic carbocycles. The van der Waals surface area contributed by atoms with Crippen LogP contribution < -0.4 is 10.6 Å². The second-order valence-corrected chi connectivity index (χ2v) is 6.12. The van der Waals surface area contributed by atoms with Crippen LogP contribution in [0.3, 0.4) is 0 Å². The second-order valence-electron chi connectivity index (χ2n) is 4.55. The van der Waals surface area contributed by atoms with Gasteiger partial charge in [-0.15, -0.1) is 11.8 Å². The van der Waals surface area contributed by atoms with Crippen LogP contribution in [0.5, 0.6) is 0 Å². The average molecular weight is 305 g/mol. The predicted octanol–water partition coefficient (Wildman–Crippen LogP) is 3.67. The molecule has 2 aromatic rings. The molecule has 1 amide bonds.